The molecule has 0 aromatic rings. The van der Waals surface area contributed by atoms with Gasteiger partial charge < -0.3 is 9.66 Å². The molecule has 0 fully saturated rings. The Morgan fingerprint density at radius 2 is 1.17 bits per heavy atom. The summed E-state index contributed by atoms with van der Waals surface area (Å²) in [6.45, 7) is 4.18. The second-order valence-electron chi connectivity index (χ2n) is 6.75. The summed E-state index contributed by atoms with van der Waals surface area (Å²) in [7, 11) is -4.15. The molecule has 0 amide bonds. The average molecular weight is 373 g/mol. The predicted molar refractivity (Wildman–Crippen MR) is 95.5 cm³/mol. The Balaban J connectivity index is 0. The molecule has 1 N–H and O–H groups in total. The first kappa shape index (κ1) is 27.1. The number of hydrogen-bond acceptors (Lipinski definition) is 4. The molecular weight excluding hydrogens is 335 g/mol. The molecule has 0 saturated heterocycles. The molecule has 0 rings (SSSR count). The van der Waals surface area contributed by atoms with Gasteiger partial charge in [-0.3, -0.25) is 0 Å². The van der Waals surface area contributed by atoms with Crippen molar-refractivity contribution in [2.24, 2.45) is 0 Å². The summed E-state index contributed by atoms with van der Waals surface area (Å²) >= 11 is 0. The molecule has 0 aliphatic rings. The number of hydrogen-bond donors (Lipinski definition) is 1. The molecule has 2 atom stereocenters. The van der Waals surface area contributed by atoms with Crippen LogP contribution in [-0.4, -0.2) is 29.4 Å². The third-order valence-electron chi connectivity index (χ3n) is 4.49. The zero-order chi connectivity index (χ0) is 17.6. The van der Waals surface area contributed by atoms with Crippen molar-refractivity contribution < 1.29 is 47.6 Å². The molecule has 0 aliphatic carbocycles. The first-order valence-corrected chi connectivity index (χ1v) is 11.0. The zero-order valence-electron chi connectivity index (χ0n) is 16.1. The average Bonchev–Trinajstić information content (AvgIpc) is 2.48. The van der Waals surface area contributed by atoms with E-state index >= 15 is 0 Å². The summed E-state index contributed by atoms with van der Waals surface area (Å²) in [5, 5.41) is 9.17. The van der Waals surface area contributed by atoms with Gasteiger partial charge in [-0.25, -0.2) is 8.42 Å². The Bertz CT molecular complexity index is 360. The van der Waals surface area contributed by atoms with Crippen LogP contribution in [0.1, 0.15) is 104 Å². The molecule has 2 unspecified atom stereocenters. The van der Waals surface area contributed by atoms with Crippen LogP contribution in [0.2, 0.25) is 0 Å². The third kappa shape index (κ3) is 16.3. The molecular formula is C18H37NaO4S. The fraction of sp³-hybridized carbons (Fsp3) is 1.00. The van der Waals surface area contributed by atoms with E-state index in [1.807, 2.05) is 6.92 Å². The SMILES string of the molecule is CCCCCCC(O)CCCCCCC(CCCC)S(=O)(=O)[O-].[Na+]. The molecule has 6 heteroatoms. The van der Waals surface area contributed by atoms with Gasteiger partial charge in [0.25, 0.3) is 0 Å². The standard InChI is InChI=1S/C18H38O4S.Na/c1-3-5-7-10-13-17(19)14-11-8-9-12-16-18(15-6-4-2)23(20,21)22;/h17-19H,3-16H2,1-2H3,(H,20,21,22);/q;+1/p-1. The van der Waals surface area contributed by atoms with Crippen LogP contribution in [0.5, 0.6) is 0 Å². The van der Waals surface area contributed by atoms with Crippen LogP contribution in [0.3, 0.4) is 0 Å². The fourth-order valence-electron chi connectivity index (χ4n) is 2.92. The van der Waals surface area contributed by atoms with Gasteiger partial charge in [-0.1, -0.05) is 78.1 Å². The van der Waals surface area contributed by atoms with Gasteiger partial charge >= 0.3 is 29.6 Å². The topological polar surface area (TPSA) is 77.4 Å². The summed E-state index contributed by atoms with van der Waals surface area (Å²) in [4.78, 5) is 0. The quantitative estimate of drug-likeness (QED) is 0.254. The van der Waals surface area contributed by atoms with Gasteiger partial charge in [0.15, 0.2) is 0 Å². The van der Waals surface area contributed by atoms with E-state index in [9.17, 15) is 18.1 Å². The minimum Gasteiger partial charge on any atom is -0.748 e. The van der Waals surface area contributed by atoms with E-state index < -0.39 is 15.4 Å². The van der Waals surface area contributed by atoms with E-state index in [0.29, 0.717) is 12.8 Å². The minimum atomic E-state index is -4.15. The van der Waals surface area contributed by atoms with Crippen molar-refractivity contribution in [3.05, 3.63) is 0 Å². The number of rotatable bonds is 16. The van der Waals surface area contributed by atoms with Crippen LogP contribution < -0.4 is 29.6 Å². The second kappa shape index (κ2) is 17.3. The van der Waals surface area contributed by atoms with Crippen molar-refractivity contribution in [2.45, 2.75) is 115 Å². The smallest absolute Gasteiger partial charge is 0.748 e. The van der Waals surface area contributed by atoms with Gasteiger partial charge in [0.1, 0.15) is 0 Å². The number of unbranched alkanes of at least 4 members (excludes halogenated alkanes) is 7. The monoisotopic (exact) mass is 372 g/mol. The summed E-state index contributed by atoms with van der Waals surface area (Å²) in [5.74, 6) is 0. The van der Waals surface area contributed by atoms with Crippen LogP contribution in [0.4, 0.5) is 0 Å². The maximum atomic E-state index is 11.2. The number of aliphatic hydroxyl groups excluding tert-OH is 1. The van der Waals surface area contributed by atoms with E-state index in [1.165, 1.54) is 19.3 Å². The van der Waals surface area contributed by atoms with Gasteiger partial charge in [-0.15, -0.1) is 0 Å². The molecule has 0 spiro atoms. The molecule has 4 nitrogen and oxygen atoms in total. The molecule has 0 radical (unpaired) electrons. The molecule has 0 saturated carbocycles. The van der Waals surface area contributed by atoms with Crippen LogP contribution in [0.15, 0.2) is 0 Å². The van der Waals surface area contributed by atoms with Crippen molar-refractivity contribution in [2.75, 3.05) is 0 Å². The van der Waals surface area contributed by atoms with E-state index in [4.69, 9.17) is 0 Å². The minimum absolute atomic E-state index is 0. The van der Waals surface area contributed by atoms with Crippen LogP contribution in [-0.2, 0) is 10.1 Å². The number of aliphatic hydroxyl groups is 1. The van der Waals surface area contributed by atoms with Crippen LogP contribution in [0, 0.1) is 0 Å². The van der Waals surface area contributed by atoms with E-state index in [0.717, 1.165) is 57.8 Å². The molecule has 0 aliphatic heterocycles. The van der Waals surface area contributed by atoms with Crippen molar-refractivity contribution in [3.63, 3.8) is 0 Å². The van der Waals surface area contributed by atoms with Crippen LogP contribution in [0.25, 0.3) is 0 Å². The summed E-state index contributed by atoms with van der Waals surface area (Å²) in [6.07, 6.45) is 12.8. The van der Waals surface area contributed by atoms with Crippen molar-refractivity contribution in [3.8, 4) is 0 Å². The fourth-order valence-corrected chi connectivity index (χ4v) is 3.83. The van der Waals surface area contributed by atoms with E-state index in [2.05, 4.69) is 6.92 Å². The molecule has 0 heterocycles. The van der Waals surface area contributed by atoms with Gasteiger partial charge in [0.05, 0.1) is 16.2 Å². The van der Waals surface area contributed by atoms with Gasteiger partial charge in [0.2, 0.25) is 0 Å². The van der Waals surface area contributed by atoms with Gasteiger partial charge in [-0.05, 0) is 25.7 Å². The Morgan fingerprint density at radius 1 is 0.750 bits per heavy atom. The van der Waals surface area contributed by atoms with Gasteiger partial charge in [0, 0.05) is 5.25 Å². The zero-order valence-corrected chi connectivity index (χ0v) is 19.0. The summed E-state index contributed by atoms with van der Waals surface area (Å²) < 4.78 is 33.6. The normalized spacial score (nSPS) is 14.2. The first-order chi connectivity index (χ1) is 10.9. The Labute approximate surface area is 172 Å². The molecule has 140 valence electrons. The van der Waals surface area contributed by atoms with E-state index in [1.54, 1.807) is 0 Å². The third-order valence-corrected chi connectivity index (χ3v) is 5.78. The van der Waals surface area contributed by atoms with Crippen molar-refractivity contribution >= 4 is 10.1 Å². The van der Waals surface area contributed by atoms with Gasteiger partial charge in [-0.2, -0.15) is 0 Å². The molecule has 0 bridgehead atoms. The van der Waals surface area contributed by atoms with E-state index in [-0.39, 0.29) is 35.7 Å². The maximum absolute atomic E-state index is 11.2. The maximum Gasteiger partial charge on any atom is 1.00 e. The van der Waals surface area contributed by atoms with Crippen molar-refractivity contribution in [1.29, 1.82) is 0 Å². The predicted octanol–water partition coefficient (Wildman–Crippen LogP) is 1.77. The first-order valence-electron chi connectivity index (χ1n) is 9.54. The van der Waals surface area contributed by atoms with Crippen molar-refractivity contribution in [1.82, 2.24) is 0 Å². The Morgan fingerprint density at radius 3 is 1.62 bits per heavy atom. The second-order valence-corrected chi connectivity index (χ2v) is 8.40. The molecule has 0 aromatic heterocycles. The van der Waals surface area contributed by atoms with Crippen LogP contribution >= 0.6 is 0 Å². The molecule has 24 heavy (non-hydrogen) atoms. The Kier molecular flexibility index (Phi) is 19.5. The molecule has 0 aromatic carbocycles. The summed E-state index contributed by atoms with van der Waals surface area (Å²) in [5.41, 5.74) is 0. The Hall–Kier alpha value is 0.870. The summed E-state index contributed by atoms with van der Waals surface area (Å²) in [6, 6.07) is 0. The largest absolute Gasteiger partial charge is 1.00 e.